The fourth-order valence-corrected chi connectivity index (χ4v) is 1.23. The molecule has 1 aromatic rings. The molecule has 3 nitrogen and oxygen atoms in total. The second-order valence-corrected chi connectivity index (χ2v) is 2.73. The number of carbonyl (C=O) groups is 1. The Morgan fingerprint density at radius 2 is 2.23 bits per heavy atom. The van der Waals surface area contributed by atoms with Gasteiger partial charge >= 0.3 is 5.97 Å². The minimum Gasteiger partial charge on any atom is -0.497 e. The van der Waals surface area contributed by atoms with Crippen LogP contribution < -0.4 is 9.47 Å². The molecule has 0 unspecified atom stereocenters. The van der Waals surface area contributed by atoms with Crippen LogP contribution in [-0.4, -0.2) is 13.1 Å². The summed E-state index contributed by atoms with van der Waals surface area (Å²) in [6.07, 6.45) is 0. The van der Waals surface area contributed by atoms with Crippen molar-refractivity contribution in [3.63, 3.8) is 0 Å². The first-order valence-corrected chi connectivity index (χ1v) is 3.82. The van der Waals surface area contributed by atoms with Crippen LogP contribution >= 0.6 is 0 Å². The van der Waals surface area contributed by atoms with Crippen LogP contribution in [0.15, 0.2) is 24.8 Å². The lowest BCUT2D eigenvalue weighted by molar-refractivity contribution is -0.126. The Balaban J connectivity index is 2.54. The highest BCUT2D eigenvalue weighted by Crippen LogP contribution is 2.35. The molecule has 66 valence electrons. The molecule has 0 radical (unpaired) electrons. The quantitative estimate of drug-likeness (QED) is 0.370. The van der Waals surface area contributed by atoms with Crippen molar-refractivity contribution in [2.24, 2.45) is 0 Å². The molecule has 1 aliphatic rings. The molecule has 0 atom stereocenters. The molecule has 3 heteroatoms. The maximum atomic E-state index is 11.1. The van der Waals surface area contributed by atoms with E-state index in [4.69, 9.17) is 9.47 Å². The van der Waals surface area contributed by atoms with Gasteiger partial charge in [-0.1, -0.05) is 6.58 Å². The first-order chi connectivity index (χ1) is 6.22. The maximum absolute atomic E-state index is 11.1. The summed E-state index contributed by atoms with van der Waals surface area (Å²) in [5.74, 6) is 0.859. The summed E-state index contributed by atoms with van der Waals surface area (Å²) >= 11 is 0. The van der Waals surface area contributed by atoms with Gasteiger partial charge < -0.3 is 9.47 Å². The van der Waals surface area contributed by atoms with Crippen molar-refractivity contribution >= 4 is 11.5 Å². The molecule has 2 rings (SSSR count). The average molecular weight is 176 g/mol. The molecule has 0 aliphatic carbocycles. The lowest BCUT2D eigenvalue weighted by Gasteiger charge is -2.00. The molecule has 13 heavy (non-hydrogen) atoms. The molecule has 0 spiro atoms. The smallest absolute Gasteiger partial charge is 0.343 e. The summed E-state index contributed by atoms with van der Waals surface area (Å²) < 4.78 is 9.94. The number of benzene rings is 1. The molecule has 0 saturated carbocycles. The monoisotopic (exact) mass is 176 g/mol. The SMILES string of the molecule is C=C1C(=O)Oc2ccc(OC)cc21. The van der Waals surface area contributed by atoms with E-state index in [-0.39, 0.29) is 5.97 Å². The van der Waals surface area contributed by atoms with Gasteiger partial charge in [0, 0.05) is 5.56 Å². The summed E-state index contributed by atoms with van der Waals surface area (Å²) in [7, 11) is 1.57. The van der Waals surface area contributed by atoms with Gasteiger partial charge in [-0.2, -0.15) is 0 Å². The van der Waals surface area contributed by atoms with Crippen LogP contribution in [0.2, 0.25) is 0 Å². The number of hydrogen-bond donors (Lipinski definition) is 0. The van der Waals surface area contributed by atoms with E-state index >= 15 is 0 Å². The largest absolute Gasteiger partial charge is 0.497 e. The Kier molecular flexibility index (Phi) is 1.59. The minimum atomic E-state index is -0.386. The van der Waals surface area contributed by atoms with Crippen LogP contribution in [0.3, 0.4) is 0 Å². The van der Waals surface area contributed by atoms with Gasteiger partial charge in [-0.3, -0.25) is 0 Å². The van der Waals surface area contributed by atoms with Crippen molar-refractivity contribution in [2.45, 2.75) is 0 Å². The summed E-state index contributed by atoms with van der Waals surface area (Å²) in [5, 5.41) is 0. The number of fused-ring (bicyclic) bond motifs is 1. The van der Waals surface area contributed by atoms with Gasteiger partial charge in [-0.05, 0) is 18.2 Å². The number of hydrogen-bond acceptors (Lipinski definition) is 3. The van der Waals surface area contributed by atoms with Gasteiger partial charge in [0.15, 0.2) is 0 Å². The van der Waals surface area contributed by atoms with Gasteiger partial charge in [0.2, 0.25) is 0 Å². The van der Waals surface area contributed by atoms with E-state index in [0.29, 0.717) is 22.6 Å². The molecule has 0 N–H and O–H groups in total. The zero-order valence-corrected chi connectivity index (χ0v) is 7.16. The topological polar surface area (TPSA) is 35.5 Å². The Labute approximate surface area is 75.6 Å². The maximum Gasteiger partial charge on any atom is 0.343 e. The van der Waals surface area contributed by atoms with E-state index in [1.54, 1.807) is 25.3 Å². The van der Waals surface area contributed by atoms with Gasteiger partial charge in [0.05, 0.1) is 12.7 Å². The third-order valence-electron chi connectivity index (χ3n) is 1.96. The fourth-order valence-electron chi connectivity index (χ4n) is 1.23. The van der Waals surface area contributed by atoms with E-state index < -0.39 is 0 Å². The molecule has 1 heterocycles. The first-order valence-electron chi connectivity index (χ1n) is 3.82. The van der Waals surface area contributed by atoms with Gasteiger partial charge in [-0.15, -0.1) is 0 Å². The molecule has 0 aromatic heterocycles. The summed E-state index contributed by atoms with van der Waals surface area (Å²) in [5.41, 5.74) is 1.10. The van der Waals surface area contributed by atoms with Crippen molar-refractivity contribution in [2.75, 3.05) is 7.11 Å². The molecule has 0 bridgehead atoms. The summed E-state index contributed by atoms with van der Waals surface area (Å²) in [6, 6.07) is 5.18. The Morgan fingerprint density at radius 1 is 1.46 bits per heavy atom. The van der Waals surface area contributed by atoms with E-state index in [1.165, 1.54) is 0 Å². The average Bonchev–Trinajstić information content (AvgIpc) is 2.43. The molecule has 1 aliphatic heterocycles. The number of ether oxygens (including phenoxy) is 2. The molecule has 0 fully saturated rings. The molecular weight excluding hydrogens is 168 g/mol. The van der Waals surface area contributed by atoms with E-state index in [0.717, 1.165) is 0 Å². The fraction of sp³-hybridized carbons (Fsp3) is 0.100. The lowest BCUT2D eigenvalue weighted by atomic mass is 10.1. The Morgan fingerprint density at radius 3 is 2.92 bits per heavy atom. The highest BCUT2D eigenvalue weighted by atomic mass is 16.5. The van der Waals surface area contributed by atoms with Crippen molar-refractivity contribution in [3.8, 4) is 11.5 Å². The summed E-state index contributed by atoms with van der Waals surface area (Å²) in [4.78, 5) is 11.1. The third kappa shape index (κ3) is 1.09. The predicted molar refractivity (Wildman–Crippen MR) is 47.7 cm³/mol. The lowest BCUT2D eigenvalue weighted by Crippen LogP contribution is -1.98. The van der Waals surface area contributed by atoms with Gasteiger partial charge in [0.1, 0.15) is 11.5 Å². The Bertz CT molecular complexity index is 393. The van der Waals surface area contributed by atoms with Crippen molar-refractivity contribution in [1.82, 2.24) is 0 Å². The van der Waals surface area contributed by atoms with Crippen LogP contribution in [0.5, 0.6) is 11.5 Å². The number of carbonyl (C=O) groups excluding carboxylic acids is 1. The van der Waals surface area contributed by atoms with Crippen LogP contribution in [0, 0.1) is 0 Å². The molecular formula is C10H8O3. The normalized spacial score (nSPS) is 13.9. The zero-order chi connectivity index (χ0) is 9.42. The van der Waals surface area contributed by atoms with Crippen molar-refractivity contribution < 1.29 is 14.3 Å². The highest BCUT2D eigenvalue weighted by molar-refractivity contribution is 6.20. The summed E-state index contributed by atoms with van der Waals surface area (Å²) in [6.45, 7) is 3.62. The van der Waals surface area contributed by atoms with E-state index in [2.05, 4.69) is 6.58 Å². The van der Waals surface area contributed by atoms with Crippen LogP contribution in [-0.2, 0) is 4.79 Å². The first kappa shape index (κ1) is 7.86. The molecule has 0 amide bonds. The highest BCUT2D eigenvalue weighted by Gasteiger charge is 2.25. The second kappa shape index (κ2) is 2.62. The standard InChI is InChI=1S/C10H8O3/c1-6-8-5-7(12-2)3-4-9(8)13-10(6)11/h3-5H,1H2,2H3. The van der Waals surface area contributed by atoms with E-state index in [1.807, 2.05) is 0 Å². The molecule has 1 aromatic carbocycles. The van der Waals surface area contributed by atoms with Crippen LogP contribution in [0.1, 0.15) is 5.56 Å². The number of esters is 1. The number of rotatable bonds is 1. The van der Waals surface area contributed by atoms with Crippen LogP contribution in [0.25, 0.3) is 5.57 Å². The minimum absolute atomic E-state index is 0.383. The van der Waals surface area contributed by atoms with E-state index in [9.17, 15) is 4.79 Å². The molecule has 0 saturated heterocycles. The van der Waals surface area contributed by atoms with Crippen molar-refractivity contribution in [1.29, 1.82) is 0 Å². The second-order valence-electron chi connectivity index (χ2n) is 2.73. The number of methoxy groups -OCH3 is 1. The van der Waals surface area contributed by atoms with Gasteiger partial charge in [-0.25, -0.2) is 4.79 Å². The predicted octanol–water partition coefficient (Wildman–Crippen LogP) is 1.63. The zero-order valence-electron chi connectivity index (χ0n) is 7.16. The third-order valence-corrected chi connectivity index (χ3v) is 1.96. The Hall–Kier alpha value is -1.77. The van der Waals surface area contributed by atoms with Gasteiger partial charge in [0.25, 0.3) is 0 Å². The van der Waals surface area contributed by atoms with Crippen LogP contribution in [0.4, 0.5) is 0 Å². The van der Waals surface area contributed by atoms with Crippen molar-refractivity contribution in [3.05, 3.63) is 30.3 Å².